The molecule has 2 amide bonds. The number of likely N-dealkylation sites (tertiary alicyclic amines) is 1. The highest BCUT2D eigenvalue weighted by molar-refractivity contribution is 9.11. The standard InChI is InChI=1S/C12H15BrN2O3S/c1-12(10(16)17)2-3-15(7-12)11(18)14-5-8-4-9(13)19-6-8/h4,6H,2-3,5,7H2,1H3,(H,14,18)(H,16,17). The minimum absolute atomic E-state index is 0.202. The van der Waals surface area contributed by atoms with Crippen LogP contribution in [0.1, 0.15) is 18.9 Å². The van der Waals surface area contributed by atoms with E-state index in [4.69, 9.17) is 5.11 Å². The highest BCUT2D eigenvalue weighted by Crippen LogP contribution is 2.30. The Labute approximate surface area is 123 Å². The van der Waals surface area contributed by atoms with Crippen molar-refractivity contribution in [1.29, 1.82) is 0 Å². The molecule has 1 atom stereocenters. The Morgan fingerprint density at radius 3 is 2.89 bits per heavy atom. The first-order valence-corrected chi connectivity index (χ1v) is 7.57. The van der Waals surface area contributed by atoms with Gasteiger partial charge in [0.25, 0.3) is 0 Å². The van der Waals surface area contributed by atoms with Crippen molar-refractivity contribution in [2.45, 2.75) is 19.9 Å². The fourth-order valence-corrected chi connectivity index (χ4v) is 3.25. The molecule has 1 aliphatic rings. The third-order valence-electron chi connectivity index (χ3n) is 3.34. The average molecular weight is 347 g/mol. The van der Waals surface area contributed by atoms with Gasteiger partial charge in [-0.3, -0.25) is 4.79 Å². The van der Waals surface area contributed by atoms with Crippen molar-refractivity contribution >= 4 is 39.3 Å². The number of hydrogen-bond donors (Lipinski definition) is 2. The van der Waals surface area contributed by atoms with Crippen molar-refractivity contribution < 1.29 is 14.7 Å². The third-order valence-corrected chi connectivity index (χ3v) is 4.90. The number of carboxylic acid groups (broad SMARTS) is 1. The third kappa shape index (κ3) is 3.27. The van der Waals surface area contributed by atoms with Gasteiger partial charge in [0.1, 0.15) is 0 Å². The molecule has 1 unspecified atom stereocenters. The number of carbonyl (C=O) groups is 2. The quantitative estimate of drug-likeness (QED) is 0.883. The maximum absolute atomic E-state index is 11.9. The number of rotatable bonds is 3. The summed E-state index contributed by atoms with van der Waals surface area (Å²) in [5, 5.41) is 13.9. The van der Waals surface area contributed by atoms with Gasteiger partial charge >= 0.3 is 12.0 Å². The SMILES string of the molecule is CC1(C(=O)O)CCN(C(=O)NCc2csc(Br)c2)C1. The molecule has 0 bridgehead atoms. The first-order valence-electron chi connectivity index (χ1n) is 5.90. The number of thiophene rings is 1. The molecule has 2 rings (SSSR count). The van der Waals surface area contributed by atoms with Crippen molar-refractivity contribution in [3.05, 3.63) is 20.8 Å². The van der Waals surface area contributed by atoms with Crippen LogP contribution in [0, 0.1) is 5.41 Å². The molecule has 1 saturated heterocycles. The van der Waals surface area contributed by atoms with Gasteiger partial charge in [-0.05, 0) is 46.3 Å². The predicted octanol–water partition coefficient (Wildman–Crippen LogP) is 2.52. The monoisotopic (exact) mass is 346 g/mol. The van der Waals surface area contributed by atoms with Crippen molar-refractivity contribution in [3.63, 3.8) is 0 Å². The van der Waals surface area contributed by atoms with Gasteiger partial charge in [-0.1, -0.05) is 0 Å². The number of nitrogens with zero attached hydrogens (tertiary/aromatic N) is 1. The topological polar surface area (TPSA) is 69.6 Å². The summed E-state index contributed by atoms with van der Waals surface area (Å²) in [6.07, 6.45) is 0.500. The molecule has 0 spiro atoms. The van der Waals surface area contributed by atoms with Gasteiger partial charge in [-0.2, -0.15) is 0 Å². The van der Waals surface area contributed by atoms with Crippen LogP contribution in [-0.2, 0) is 11.3 Å². The highest BCUT2D eigenvalue weighted by Gasteiger charge is 2.42. The first kappa shape index (κ1) is 14.3. The molecule has 1 aliphatic heterocycles. The van der Waals surface area contributed by atoms with E-state index in [1.54, 1.807) is 23.2 Å². The summed E-state index contributed by atoms with van der Waals surface area (Å²) in [4.78, 5) is 24.6. The molecule has 7 heteroatoms. The van der Waals surface area contributed by atoms with E-state index in [0.717, 1.165) is 9.35 Å². The number of halogens is 1. The molecule has 19 heavy (non-hydrogen) atoms. The Hall–Kier alpha value is -1.08. The van der Waals surface area contributed by atoms with E-state index in [0.29, 0.717) is 19.5 Å². The van der Waals surface area contributed by atoms with Crippen LogP contribution in [0.25, 0.3) is 0 Å². The van der Waals surface area contributed by atoms with Crippen LogP contribution < -0.4 is 5.32 Å². The molecular formula is C12H15BrN2O3S. The molecule has 1 fully saturated rings. The average Bonchev–Trinajstić information content (AvgIpc) is 2.94. The van der Waals surface area contributed by atoms with E-state index in [1.807, 2.05) is 11.4 Å². The van der Waals surface area contributed by atoms with Crippen LogP contribution in [0.5, 0.6) is 0 Å². The summed E-state index contributed by atoms with van der Waals surface area (Å²) >= 11 is 4.93. The largest absolute Gasteiger partial charge is 0.481 e. The molecule has 0 saturated carbocycles. The van der Waals surface area contributed by atoms with Crippen LogP contribution in [0.2, 0.25) is 0 Å². The van der Waals surface area contributed by atoms with E-state index in [1.165, 1.54) is 0 Å². The van der Waals surface area contributed by atoms with Gasteiger partial charge in [-0.25, -0.2) is 4.79 Å². The molecule has 5 nitrogen and oxygen atoms in total. The van der Waals surface area contributed by atoms with E-state index >= 15 is 0 Å². The molecule has 0 radical (unpaired) electrons. The summed E-state index contributed by atoms with van der Waals surface area (Å²) < 4.78 is 1.02. The lowest BCUT2D eigenvalue weighted by Crippen LogP contribution is -2.40. The van der Waals surface area contributed by atoms with E-state index in [-0.39, 0.29) is 12.6 Å². The first-order chi connectivity index (χ1) is 8.90. The number of amides is 2. The van der Waals surface area contributed by atoms with Gasteiger partial charge in [-0.15, -0.1) is 11.3 Å². The Balaban J connectivity index is 1.86. The van der Waals surface area contributed by atoms with Crippen molar-refractivity contribution in [3.8, 4) is 0 Å². The summed E-state index contributed by atoms with van der Waals surface area (Å²) in [6.45, 7) is 2.89. The van der Waals surface area contributed by atoms with Crippen molar-refractivity contribution in [2.75, 3.05) is 13.1 Å². The molecule has 1 aromatic heterocycles. The van der Waals surface area contributed by atoms with Gasteiger partial charge < -0.3 is 15.3 Å². The fraction of sp³-hybridized carbons (Fsp3) is 0.500. The highest BCUT2D eigenvalue weighted by atomic mass is 79.9. The van der Waals surface area contributed by atoms with Crippen molar-refractivity contribution in [2.24, 2.45) is 5.41 Å². The Morgan fingerprint density at radius 1 is 1.63 bits per heavy atom. The number of carboxylic acids is 1. The van der Waals surface area contributed by atoms with Crippen LogP contribution >= 0.6 is 27.3 Å². The number of carbonyl (C=O) groups excluding carboxylic acids is 1. The second-order valence-corrected chi connectivity index (χ2v) is 7.25. The van der Waals surface area contributed by atoms with Crippen LogP contribution in [-0.4, -0.2) is 35.1 Å². The number of urea groups is 1. The summed E-state index contributed by atoms with van der Waals surface area (Å²) in [7, 11) is 0. The molecule has 0 aliphatic carbocycles. The summed E-state index contributed by atoms with van der Waals surface area (Å²) in [6, 6.07) is 1.75. The van der Waals surface area contributed by atoms with E-state index in [2.05, 4.69) is 21.2 Å². The molecule has 1 aromatic rings. The minimum atomic E-state index is -0.843. The van der Waals surface area contributed by atoms with E-state index in [9.17, 15) is 9.59 Å². The molecule has 2 N–H and O–H groups in total. The normalized spacial score (nSPS) is 22.5. The lowest BCUT2D eigenvalue weighted by atomic mass is 9.90. The zero-order valence-corrected chi connectivity index (χ0v) is 12.9. The number of aliphatic carboxylic acids is 1. The van der Waals surface area contributed by atoms with Gasteiger partial charge in [0.2, 0.25) is 0 Å². The Bertz CT molecular complexity index is 505. The smallest absolute Gasteiger partial charge is 0.317 e. The zero-order chi connectivity index (χ0) is 14.0. The van der Waals surface area contributed by atoms with Crippen LogP contribution in [0.15, 0.2) is 15.2 Å². The molecule has 2 heterocycles. The van der Waals surface area contributed by atoms with Crippen molar-refractivity contribution in [1.82, 2.24) is 10.2 Å². The Morgan fingerprint density at radius 2 is 2.37 bits per heavy atom. The van der Waals surface area contributed by atoms with Gasteiger partial charge in [0, 0.05) is 19.6 Å². The van der Waals surface area contributed by atoms with Gasteiger partial charge in [0.05, 0.1) is 9.20 Å². The predicted molar refractivity (Wildman–Crippen MR) is 76.2 cm³/mol. The minimum Gasteiger partial charge on any atom is -0.481 e. The van der Waals surface area contributed by atoms with E-state index < -0.39 is 11.4 Å². The molecule has 104 valence electrons. The second kappa shape index (κ2) is 5.50. The maximum atomic E-state index is 11.9. The lowest BCUT2D eigenvalue weighted by molar-refractivity contribution is -0.146. The van der Waals surface area contributed by atoms with Gasteiger partial charge in [0.15, 0.2) is 0 Å². The van der Waals surface area contributed by atoms with Crippen LogP contribution in [0.3, 0.4) is 0 Å². The lowest BCUT2D eigenvalue weighted by Gasteiger charge is -2.20. The summed E-state index contributed by atoms with van der Waals surface area (Å²) in [5.74, 6) is -0.843. The zero-order valence-electron chi connectivity index (χ0n) is 10.5. The fourth-order valence-electron chi connectivity index (χ4n) is 2.04. The second-order valence-electron chi connectivity index (χ2n) is 4.96. The van der Waals surface area contributed by atoms with Crippen LogP contribution in [0.4, 0.5) is 4.79 Å². The number of nitrogens with one attached hydrogen (secondary N) is 1. The summed E-state index contributed by atoms with van der Waals surface area (Å²) in [5.41, 5.74) is 0.216. The molecular weight excluding hydrogens is 332 g/mol. The maximum Gasteiger partial charge on any atom is 0.317 e. The number of hydrogen-bond acceptors (Lipinski definition) is 3. The molecule has 0 aromatic carbocycles. The Kier molecular flexibility index (Phi) is 4.15.